The molecule has 0 N–H and O–H groups in total. The third kappa shape index (κ3) is 4.90. The number of ether oxygens (including phenoxy) is 2. The zero-order valence-corrected chi connectivity index (χ0v) is 17.4. The number of methoxy groups -OCH3 is 1. The molecule has 1 aliphatic heterocycles. The van der Waals surface area contributed by atoms with Gasteiger partial charge in [0.15, 0.2) is 17.3 Å². The molecule has 3 rings (SSSR count). The van der Waals surface area contributed by atoms with E-state index in [1.54, 1.807) is 0 Å². The van der Waals surface area contributed by atoms with Crippen LogP contribution in [0.15, 0.2) is 47.6 Å². The molecule has 0 saturated carbocycles. The number of hydrogen-bond donors (Lipinski definition) is 0. The molecule has 0 saturated heterocycles. The molecule has 10 heteroatoms. The second-order valence-electron chi connectivity index (χ2n) is 7.27. The molecule has 0 spiro atoms. The fraction of sp³-hybridized carbons (Fsp3) is 0.318. The molecule has 1 unspecified atom stereocenters. The fourth-order valence-electron chi connectivity index (χ4n) is 3.36. The zero-order valence-electron chi connectivity index (χ0n) is 17.4. The second-order valence-corrected chi connectivity index (χ2v) is 7.27. The summed E-state index contributed by atoms with van der Waals surface area (Å²) in [5.74, 6) is -5.66. The summed E-state index contributed by atoms with van der Waals surface area (Å²) >= 11 is 0. The van der Waals surface area contributed by atoms with E-state index in [1.165, 1.54) is 56.5 Å². The number of carbonyl (C=O) groups excluding carboxylic acids is 2. The highest BCUT2D eigenvalue weighted by molar-refractivity contribution is 6.27. The number of Topliss-reactive ketones (excluding diaryl/α,β-unsaturated/α-hetero) is 1. The first-order chi connectivity index (χ1) is 15.0. The van der Waals surface area contributed by atoms with Crippen molar-refractivity contribution in [2.75, 3.05) is 12.1 Å². The maximum atomic E-state index is 13.6. The van der Waals surface area contributed by atoms with E-state index in [4.69, 9.17) is 4.74 Å². The molecule has 1 atom stereocenters. The van der Waals surface area contributed by atoms with Crippen molar-refractivity contribution in [1.82, 2.24) is 0 Å². The third-order valence-electron chi connectivity index (χ3n) is 4.87. The van der Waals surface area contributed by atoms with Crippen LogP contribution in [0.25, 0.3) is 0 Å². The molecule has 170 valence electrons. The van der Waals surface area contributed by atoms with E-state index in [9.17, 15) is 27.2 Å². The van der Waals surface area contributed by atoms with E-state index in [0.717, 1.165) is 11.9 Å². The van der Waals surface area contributed by atoms with E-state index in [1.807, 2.05) is 0 Å². The van der Waals surface area contributed by atoms with Gasteiger partial charge in [-0.1, -0.05) is 18.2 Å². The maximum absolute atomic E-state index is 13.6. The van der Waals surface area contributed by atoms with E-state index in [2.05, 4.69) is 9.84 Å². The number of amides is 1. The van der Waals surface area contributed by atoms with Crippen LogP contribution in [0.2, 0.25) is 0 Å². The van der Waals surface area contributed by atoms with Crippen molar-refractivity contribution in [3.05, 3.63) is 53.6 Å². The van der Waals surface area contributed by atoms with Crippen molar-refractivity contribution in [2.24, 2.45) is 11.0 Å². The summed E-state index contributed by atoms with van der Waals surface area (Å²) in [5.41, 5.74) is 0.536. The molecular weight excluding hydrogens is 432 g/mol. The van der Waals surface area contributed by atoms with Crippen LogP contribution in [0, 0.1) is 5.92 Å². The number of halogens is 4. The first-order valence-electron chi connectivity index (χ1n) is 9.53. The van der Waals surface area contributed by atoms with Crippen molar-refractivity contribution in [1.29, 1.82) is 0 Å². The number of alkyl halides is 4. The van der Waals surface area contributed by atoms with Crippen molar-refractivity contribution in [3.8, 4) is 11.5 Å². The van der Waals surface area contributed by atoms with Gasteiger partial charge in [0.25, 0.3) is 11.8 Å². The minimum Gasteiger partial charge on any atom is -0.493 e. The van der Waals surface area contributed by atoms with Gasteiger partial charge in [0.2, 0.25) is 0 Å². The summed E-state index contributed by atoms with van der Waals surface area (Å²) in [7, 11) is 1.25. The van der Waals surface area contributed by atoms with Crippen LogP contribution < -0.4 is 14.5 Å². The van der Waals surface area contributed by atoms with Crippen molar-refractivity contribution < 1.29 is 36.6 Å². The molecule has 0 aromatic heterocycles. The standard InChI is InChI=1S/C22H20F4N2O4/c1-12-19(16(29)10-13-5-4-6-14(9-13)22(2,25)26)20(30)28(27-12)15-7-8-17(32-21(23)24)18(11-15)31-3/h4-9,11,19,21H,10H2,1-3H3. The zero-order chi connectivity index (χ0) is 23.6. The highest BCUT2D eigenvalue weighted by Crippen LogP contribution is 2.35. The van der Waals surface area contributed by atoms with Crippen molar-refractivity contribution in [3.63, 3.8) is 0 Å². The average Bonchev–Trinajstić information content (AvgIpc) is 3.01. The SMILES string of the molecule is COc1cc(N2N=C(C)C(C(=O)Cc3cccc(C(C)(F)F)c3)C2=O)ccc1OC(F)F. The van der Waals surface area contributed by atoms with Gasteiger partial charge in [-0.25, -0.2) is 8.78 Å². The van der Waals surface area contributed by atoms with Gasteiger partial charge in [-0.15, -0.1) is 0 Å². The number of rotatable bonds is 8. The first-order valence-corrected chi connectivity index (χ1v) is 9.53. The van der Waals surface area contributed by atoms with Gasteiger partial charge in [-0.2, -0.15) is 18.9 Å². The number of hydrazone groups is 1. The Hall–Kier alpha value is -3.43. The van der Waals surface area contributed by atoms with Gasteiger partial charge >= 0.3 is 6.61 Å². The van der Waals surface area contributed by atoms with Gasteiger partial charge in [-0.3, -0.25) is 9.59 Å². The predicted octanol–water partition coefficient (Wildman–Crippen LogP) is 4.56. The molecule has 0 bridgehead atoms. The lowest BCUT2D eigenvalue weighted by Gasteiger charge is -2.17. The van der Waals surface area contributed by atoms with Gasteiger partial charge in [0, 0.05) is 25.0 Å². The highest BCUT2D eigenvalue weighted by Gasteiger charge is 2.39. The maximum Gasteiger partial charge on any atom is 0.387 e. The van der Waals surface area contributed by atoms with Gasteiger partial charge in [0.05, 0.1) is 18.5 Å². The molecule has 1 heterocycles. The van der Waals surface area contributed by atoms with E-state index < -0.39 is 30.1 Å². The van der Waals surface area contributed by atoms with E-state index >= 15 is 0 Å². The first kappa shape index (κ1) is 23.2. The molecule has 0 fully saturated rings. The number of benzene rings is 2. The third-order valence-corrected chi connectivity index (χ3v) is 4.87. The van der Waals surface area contributed by atoms with Crippen LogP contribution >= 0.6 is 0 Å². The number of carbonyl (C=O) groups is 2. The Morgan fingerprint density at radius 3 is 2.53 bits per heavy atom. The van der Waals surface area contributed by atoms with Gasteiger partial charge in [0.1, 0.15) is 5.92 Å². The molecule has 1 amide bonds. The lowest BCUT2D eigenvalue weighted by atomic mass is 9.93. The molecule has 0 aliphatic carbocycles. The average molecular weight is 452 g/mol. The van der Waals surface area contributed by atoms with Gasteiger partial charge < -0.3 is 9.47 Å². The summed E-state index contributed by atoms with van der Waals surface area (Å²) in [6.07, 6.45) is -0.231. The van der Waals surface area contributed by atoms with E-state index in [-0.39, 0.29) is 34.9 Å². The molecule has 2 aromatic carbocycles. The van der Waals surface area contributed by atoms with Crippen LogP contribution in [-0.4, -0.2) is 31.1 Å². The summed E-state index contributed by atoms with van der Waals surface area (Å²) in [5, 5.41) is 5.10. The number of ketones is 1. The molecule has 6 nitrogen and oxygen atoms in total. The minimum atomic E-state index is -3.06. The van der Waals surface area contributed by atoms with E-state index in [0.29, 0.717) is 5.56 Å². The summed E-state index contributed by atoms with van der Waals surface area (Å²) in [6, 6.07) is 9.26. The summed E-state index contributed by atoms with van der Waals surface area (Å²) in [4.78, 5) is 25.7. The van der Waals surface area contributed by atoms with Crippen molar-refractivity contribution >= 4 is 23.1 Å². The number of hydrogen-bond acceptors (Lipinski definition) is 5. The fourth-order valence-corrected chi connectivity index (χ4v) is 3.36. The molecule has 2 aromatic rings. The molecule has 0 radical (unpaired) electrons. The second kappa shape index (κ2) is 8.97. The lowest BCUT2D eigenvalue weighted by molar-refractivity contribution is -0.128. The lowest BCUT2D eigenvalue weighted by Crippen LogP contribution is -2.33. The number of anilines is 1. The Bertz CT molecular complexity index is 1070. The van der Waals surface area contributed by atoms with Crippen LogP contribution in [0.1, 0.15) is 25.0 Å². The normalized spacial score (nSPS) is 16.4. The highest BCUT2D eigenvalue weighted by atomic mass is 19.3. The Kier molecular flexibility index (Phi) is 6.52. The molecular formula is C22H20F4N2O4. The Morgan fingerprint density at radius 2 is 1.91 bits per heavy atom. The summed E-state index contributed by atoms with van der Waals surface area (Å²) < 4.78 is 61.6. The topological polar surface area (TPSA) is 68.2 Å². The summed E-state index contributed by atoms with van der Waals surface area (Å²) in [6.45, 7) is -0.797. The smallest absolute Gasteiger partial charge is 0.387 e. The van der Waals surface area contributed by atoms with Gasteiger partial charge in [-0.05, 0) is 30.7 Å². The monoisotopic (exact) mass is 452 g/mol. The van der Waals surface area contributed by atoms with Crippen molar-refractivity contribution in [2.45, 2.75) is 32.8 Å². The number of nitrogens with zero attached hydrogens (tertiary/aromatic N) is 2. The Morgan fingerprint density at radius 1 is 1.19 bits per heavy atom. The Labute approximate surface area is 181 Å². The van der Waals surface area contributed by atoms with Crippen LogP contribution in [0.4, 0.5) is 23.2 Å². The van der Waals surface area contributed by atoms with Crippen LogP contribution in [0.5, 0.6) is 11.5 Å². The van der Waals surface area contributed by atoms with Crippen LogP contribution in [0.3, 0.4) is 0 Å². The Balaban J connectivity index is 1.80. The van der Waals surface area contributed by atoms with Crippen LogP contribution in [-0.2, 0) is 21.9 Å². The predicted molar refractivity (Wildman–Crippen MR) is 108 cm³/mol. The largest absolute Gasteiger partial charge is 0.493 e. The molecule has 32 heavy (non-hydrogen) atoms. The minimum absolute atomic E-state index is 0.0458. The molecule has 1 aliphatic rings. The quantitative estimate of drug-likeness (QED) is 0.435.